The van der Waals surface area contributed by atoms with Gasteiger partial charge in [0.1, 0.15) is 0 Å². The number of hydrogen-bond acceptors (Lipinski definition) is 8. The van der Waals surface area contributed by atoms with E-state index in [1.54, 1.807) is 9.80 Å². The Labute approximate surface area is 190 Å². The minimum atomic E-state index is -1.41. The first-order valence-corrected chi connectivity index (χ1v) is 10.8. The van der Waals surface area contributed by atoms with E-state index in [9.17, 15) is 49.5 Å². The van der Waals surface area contributed by atoms with Crippen molar-refractivity contribution in [3.05, 3.63) is 0 Å². The maximum Gasteiger partial charge on any atom is 0.317 e. The molecule has 0 aromatic rings. The Hall–Kier alpha value is -2.77. The zero-order valence-corrected chi connectivity index (χ0v) is 18.3. The molecule has 33 heavy (non-hydrogen) atoms. The molecule has 1 saturated heterocycles. The number of carboxylic acids is 5. The van der Waals surface area contributed by atoms with E-state index in [1.807, 2.05) is 0 Å². The van der Waals surface area contributed by atoms with Gasteiger partial charge in [-0.2, -0.15) is 0 Å². The number of hydrogen-bond donors (Lipinski definition) is 5. The Morgan fingerprint density at radius 3 is 1.45 bits per heavy atom. The van der Waals surface area contributed by atoms with Crippen molar-refractivity contribution < 1.29 is 49.5 Å². The number of carboxylic acid groups (broad SMARTS) is 5. The predicted octanol–water partition coefficient (Wildman–Crippen LogP) is -0.841. The lowest BCUT2D eigenvalue weighted by Crippen LogP contribution is -2.62. The molecule has 186 valence electrons. The molecule has 0 spiro atoms. The molecular formula is C20H31N3O10. The molecule has 1 saturated carbocycles. The summed E-state index contributed by atoms with van der Waals surface area (Å²) in [5, 5.41) is 47.3. The molecule has 1 heterocycles. The third kappa shape index (κ3) is 7.37. The average Bonchev–Trinajstić information content (AvgIpc) is 2.81. The Kier molecular flexibility index (Phi) is 9.14. The van der Waals surface area contributed by atoms with Crippen LogP contribution in [0.15, 0.2) is 0 Å². The smallest absolute Gasteiger partial charge is 0.317 e. The van der Waals surface area contributed by atoms with E-state index in [0.29, 0.717) is 12.8 Å². The number of rotatable bonds is 12. The highest BCUT2D eigenvalue weighted by Crippen LogP contribution is 2.36. The first-order valence-electron chi connectivity index (χ1n) is 10.8. The molecule has 0 radical (unpaired) electrons. The largest absolute Gasteiger partial charge is 0.481 e. The summed E-state index contributed by atoms with van der Waals surface area (Å²) in [7, 11) is 0. The van der Waals surface area contributed by atoms with Crippen molar-refractivity contribution in [3.8, 4) is 0 Å². The van der Waals surface area contributed by atoms with Crippen LogP contribution >= 0.6 is 0 Å². The van der Waals surface area contributed by atoms with Gasteiger partial charge in [-0.25, -0.2) is 0 Å². The van der Waals surface area contributed by atoms with Gasteiger partial charge < -0.3 is 25.5 Å². The first-order chi connectivity index (χ1) is 15.4. The first kappa shape index (κ1) is 26.5. The highest BCUT2D eigenvalue weighted by molar-refractivity contribution is 5.73. The fourth-order valence-corrected chi connectivity index (χ4v) is 5.25. The predicted molar refractivity (Wildman–Crippen MR) is 111 cm³/mol. The van der Waals surface area contributed by atoms with Gasteiger partial charge in [0, 0.05) is 37.1 Å². The van der Waals surface area contributed by atoms with Gasteiger partial charge in [-0.05, 0) is 19.3 Å². The van der Waals surface area contributed by atoms with Crippen LogP contribution in [0.3, 0.4) is 0 Å². The van der Waals surface area contributed by atoms with Gasteiger partial charge >= 0.3 is 29.8 Å². The molecule has 1 aliphatic carbocycles. The summed E-state index contributed by atoms with van der Waals surface area (Å²) in [4.78, 5) is 62.4. The molecule has 0 aromatic heterocycles. The lowest BCUT2D eigenvalue weighted by molar-refractivity contribution is -0.149. The van der Waals surface area contributed by atoms with Gasteiger partial charge in [-0.15, -0.1) is 0 Å². The Morgan fingerprint density at radius 2 is 1.12 bits per heavy atom. The van der Waals surface area contributed by atoms with Gasteiger partial charge in [0.2, 0.25) is 0 Å². The molecule has 1 aliphatic heterocycles. The minimum Gasteiger partial charge on any atom is -0.481 e. The normalized spacial score (nSPS) is 26.3. The summed E-state index contributed by atoms with van der Waals surface area (Å²) in [6.07, 6.45) is 2.20. The topological polar surface area (TPSA) is 196 Å². The van der Waals surface area contributed by atoms with E-state index in [4.69, 9.17) is 0 Å². The van der Waals surface area contributed by atoms with Crippen LogP contribution in [0, 0.1) is 0 Å². The zero-order valence-electron chi connectivity index (χ0n) is 18.3. The molecule has 0 bridgehead atoms. The summed E-state index contributed by atoms with van der Waals surface area (Å²) in [6.45, 7) is -2.45. The maximum absolute atomic E-state index is 11.7. The van der Waals surface area contributed by atoms with Crippen LogP contribution in [-0.4, -0.2) is 127 Å². The molecule has 5 N–H and O–H groups in total. The quantitative estimate of drug-likeness (QED) is 0.235. The summed E-state index contributed by atoms with van der Waals surface area (Å²) < 4.78 is 0. The van der Waals surface area contributed by atoms with E-state index in [1.165, 1.54) is 0 Å². The molecule has 2 rings (SSSR count). The van der Waals surface area contributed by atoms with Crippen molar-refractivity contribution in [2.45, 2.75) is 56.1 Å². The fourth-order valence-electron chi connectivity index (χ4n) is 5.25. The molecule has 13 nitrogen and oxygen atoms in total. The number of carbonyl (C=O) groups is 5. The molecule has 2 atom stereocenters. The van der Waals surface area contributed by atoms with E-state index < -0.39 is 68.0 Å². The molecular weight excluding hydrogens is 442 g/mol. The highest BCUT2D eigenvalue weighted by atomic mass is 16.4. The van der Waals surface area contributed by atoms with Crippen molar-refractivity contribution in [2.24, 2.45) is 0 Å². The second-order valence-electron chi connectivity index (χ2n) is 8.78. The van der Waals surface area contributed by atoms with Crippen LogP contribution < -0.4 is 0 Å². The molecule has 0 aromatic carbocycles. The lowest BCUT2D eigenvalue weighted by atomic mass is 9.88. The molecule has 13 heteroatoms. The third-order valence-electron chi connectivity index (χ3n) is 6.43. The van der Waals surface area contributed by atoms with Crippen LogP contribution in [0.1, 0.15) is 38.5 Å². The Morgan fingerprint density at radius 1 is 0.697 bits per heavy atom. The number of aliphatic carboxylic acids is 5. The van der Waals surface area contributed by atoms with Crippen molar-refractivity contribution >= 4 is 29.8 Å². The monoisotopic (exact) mass is 473 g/mol. The minimum absolute atomic E-state index is 0.0928. The van der Waals surface area contributed by atoms with Crippen LogP contribution in [0.4, 0.5) is 0 Å². The zero-order chi connectivity index (χ0) is 24.8. The van der Waals surface area contributed by atoms with Gasteiger partial charge in [0.05, 0.1) is 26.2 Å². The van der Waals surface area contributed by atoms with E-state index in [-0.39, 0.29) is 31.6 Å². The number of nitrogens with zero attached hydrogens (tertiary/aromatic N) is 3. The molecule has 0 amide bonds. The van der Waals surface area contributed by atoms with Crippen LogP contribution in [0.5, 0.6) is 0 Å². The standard InChI is InChI=1S/C20H31N3O10/c24-15(25)5-6-20(23(9-18(30)31)10-19(32)33)11-21(7-16(26)27)13-3-1-2-4-14(13)22(12-20)8-17(28)29/h13-14H,1-12H2,(H,24,25)(H,26,27)(H,28,29)(H,30,31)(H,32,33). The van der Waals surface area contributed by atoms with Gasteiger partial charge in [0.15, 0.2) is 0 Å². The summed E-state index contributed by atoms with van der Waals surface area (Å²) in [6, 6.07) is -0.671. The maximum atomic E-state index is 11.7. The summed E-state index contributed by atoms with van der Waals surface area (Å²) >= 11 is 0. The Bertz CT molecular complexity index is 723. The third-order valence-corrected chi connectivity index (χ3v) is 6.43. The number of fused-ring (bicyclic) bond motifs is 1. The lowest BCUT2D eigenvalue weighted by Gasteiger charge is -2.45. The van der Waals surface area contributed by atoms with Crippen molar-refractivity contribution in [1.82, 2.24) is 14.7 Å². The second kappa shape index (κ2) is 11.4. The van der Waals surface area contributed by atoms with Crippen molar-refractivity contribution in [2.75, 3.05) is 39.3 Å². The second-order valence-corrected chi connectivity index (χ2v) is 8.78. The van der Waals surface area contributed by atoms with E-state index in [2.05, 4.69) is 0 Å². The van der Waals surface area contributed by atoms with Crippen LogP contribution in [0.2, 0.25) is 0 Å². The summed E-state index contributed by atoms with van der Waals surface area (Å²) in [5.41, 5.74) is -1.41. The van der Waals surface area contributed by atoms with Gasteiger partial charge in [-0.1, -0.05) is 12.8 Å². The van der Waals surface area contributed by atoms with Crippen molar-refractivity contribution in [1.29, 1.82) is 0 Å². The fraction of sp³-hybridized carbons (Fsp3) is 0.750. The van der Waals surface area contributed by atoms with Gasteiger partial charge in [-0.3, -0.25) is 38.7 Å². The van der Waals surface area contributed by atoms with Gasteiger partial charge in [0.25, 0.3) is 0 Å². The molecule has 2 fully saturated rings. The molecule has 2 aliphatic rings. The Balaban J connectivity index is 2.63. The van der Waals surface area contributed by atoms with Crippen LogP contribution in [0.25, 0.3) is 0 Å². The van der Waals surface area contributed by atoms with Crippen molar-refractivity contribution in [3.63, 3.8) is 0 Å². The molecule has 2 unspecified atom stereocenters. The van der Waals surface area contributed by atoms with Crippen LogP contribution in [-0.2, 0) is 24.0 Å². The average molecular weight is 473 g/mol. The van der Waals surface area contributed by atoms with E-state index in [0.717, 1.165) is 17.7 Å². The van der Waals surface area contributed by atoms with E-state index >= 15 is 0 Å². The SMILES string of the molecule is O=C(O)CCC1(N(CC(=O)O)CC(=O)O)CN(CC(=O)O)C2CCCCC2N(CC(=O)O)C1. The highest BCUT2D eigenvalue weighted by Gasteiger charge is 2.49. The summed E-state index contributed by atoms with van der Waals surface area (Å²) in [5.74, 6) is -6.12.